The molecule has 0 spiro atoms. The smallest absolute Gasteiger partial charge is 0.255 e. The molecule has 1 aliphatic heterocycles. The molecule has 104 valence electrons. The van der Waals surface area contributed by atoms with E-state index < -0.39 is 0 Å². The van der Waals surface area contributed by atoms with Crippen molar-refractivity contribution in [2.24, 2.45) is 5.73 Å². The average Bonchev–Trinajstić information content (AvgIpc) is 2.46. The van der Waals surface area contributed by atoms with E-state index in [1.807, 2.05) is 35.4 Å². The lowest BCUT2D eigenvalue weighted by molar-refractivity contribution is 0.0512. The number of likely N-dealkylation sites (N-methyl/N-ethyl adjacent to an activating group) is 1. The van der Waals surface area contributed by atoms with Crippen molar-refractivity contribution in [1.82, 2.24) is 9.80 Å². The third-order valence-electron chi connectivity index (χ3n) is 3.56. The molecule has 19 heavy (non-hydrogen) atoms. The molecule has 1 heterocycles. The van der Waals surface area contributed by atoms with Gasteiger partial charge in [0.15, 0.2) is 0 Å². The summed E-state index contributed by atoms with van der Waals surface area (Å²) in [6.45, 7) is 3.02. The van der Waals surface area contributed by atoms with E-state index in [1.165, 1.54) is 0 Å². The number of hydrogen-bond donors (Lipinski definition) is 1. The molecule has 1 aromatic carbocycles. The summed E-state index contributed by atoms with van der Waals surface area (Å²) in [4.78, 5) is 17.9. The van der Waals surface area contributed by atoms with Gasteiger partial charge >= 0.3 is 0 Å². The zero-order chi connectivity index (χ0) is 13.8. The Morgan fingerprint density at radius 1 is 1.42 bits per heavy atom. The zero-order valence-electron chi connectivity index (χ0n) is 11.5. The number of nitrogens with zero attached hydrogens (tertiary/aromatic N) is 2. The minimum absolute atomic E-state index is 0.105. The summed E-state index contributed by atoms with van der Waals surface area (Å²) in [6, 6.07) is 7.89. The van der Waals surface area contributed by atoms with Crippen molar-refractivity contribution in [3.8, 4) is 0 Å². The molecule has 0 aliphatic carbocycles. The van der Waals surface area contributed by atoms with Crippen LogP contribution >= 0.6 is 11.8 Å². The molecular weight excluding hydrogens is 258 g/mol. The largest absolute Gasteiger partial charge is 0.332 e. The molecule has 1 atom stereocenters. The van der Waals surface area contributed by atoms with Crippen LogP contribution in [0.4, 0.5) is 0 Å². The van der Waals surface area contributed by atoms with Crippen LogP contribution in [0.15, 0.2) is 29.2 Å². The van der Waals surface area contributed by atoms with Crippen LogP contribution in [-0.2, 0) is 0 Å². The zero-order valence-corrected chi connectivity index (χ0v) is 12.3. The van der Waals surface area contributed by atoms with Crippen LogP contribution in [0.1, 0.15) is 10.4 Å². The Morgan fingerprint density at radius 3 is 2.84 bits per heavy atom. The lowest BCUT2D eigenvalue weighted by Crippen LogP contribution is -2.56. The molecule has 1 aromatic rings. The van der Waals surface area contributed by atoms with Gasteiger partial charge in [0.1, 0.15) is 0 Å². The highest BCUT2D eigenvalue weighted by atomic mass is 32.2. The summed E-state index contributed by atoms with van der Waals surface area (Å²) < 4.78 is 0. The van der Waals surface area contributed by atoms with Gasteiger partial charge in [-0.25, -0.2) is 0 Å². The fourth-order valence-electron chi connectivity index (χ4n) is 2.46. The molecular formula is C14H21N3OS. The van der Waals surface area contributed by atoms with E-state index in [9.17, 15) is 4.79 Å². The molecule has 0 aromatic heterocycles. The van der Waals surface area contributed by atoms with E-state index in [-0.39, 0.29) is 11.9 Å². The summed E-state index contributed by atoms with van der Waals surface area (Å²) in [5.41, 5.74) is 6.61. The fraction of sp³-hybridized carbons (Fsp3) is 0.500. The maximum Gasteiger partial charge on any atom is 0.255 e. The van der Waals surface area contributed by atoms with E-state index in [2.05, 4.69) is 11.9 Å². The molecule has 4 nitrogen and oxygen atoms in total. The second-order valence-electron chi connectivity index (χ2n) is 4.85. The minimum atomic E-state index is 0.105. The van der Waals surface area contributed by atoms with Crippen molar-refractivity contribution in [3.05, 3.63) is 29.8 Å². The number of benzene rings is 1. The lowest BCUT2D eigenvalue weighted by Gasteiger charge is -2.39. The number of carbonyl (C=O) groups excluding carboxylic acids is 1. The first kappa shape index (κ1) is 14.4. The first-order valence-corrected chi connectivity index (χ1v) is 7.72. The van der Waals surface area contributed by atoms with Gasteiger partial charge in [-0.1, -0.05) is 12.1 Å². The Hall–Kier alpha value is -1.04. The van der Waals surface area contributed by atoms with E-state index in [0.29, 0.717) is 6.54 Å². The van der Waals surface area contributed by atoms with Crippen LogP contribution < -0.4 is 5.73 Å². The lowest BCUT2D eigenvalue weighted by atomic mass is 10.1. The van der Waals surface area contributed by atoms with Crippen molar-refractivity contribution in [2.75, 3.05) is 39.5 Å². The molecule has 5 heteroatoms. The van der Waals surface area contributed by atoms with Crippen molar-refractivity contribution < 1.29 is 4.79 Å². The van der Waals surface area contributed by atoms with Crippen molar-refractivity contribution in [1.29, 1.82) is 0 Å². The first-order chi connectivity index (χ1) is 9.17. The maximum atomic E-state index is 12.7. The number of piperazine rings is 1. The van der Waals surface area contributed by atoms with Crippen molar-refractivity contribution in [3.63, 3.8) is 0 Å². The van der Waals surface area contributed by atoms with Crippen LogP contribution in [0.2, 0.25) is 0 Å². The predicted molar refractivity (Wildman–Crippen MR) is 79.6 cm³/mol. The minimum Gasteiger partial charge on any atom is -0.332 e. The Balaban J connectivity index is 2.22. The molecule has 2 N–H and O–H groups in total. The Kier molecular flexibility index (Phi) is 4.85. The van der Waals surface area contributed by atoms with Crippen molar-refractivity contribution in [2.45, 2.75) is 10.9 Å². The predicted octanol–water partition coefficient (Wildman–Crippen LogP) is 1.12. The second-order valence-corrected chi connectivity index (χ2v) is 5.70. The van der Waals surface area contributed by atoms with E-state index >= 15 is 0 Å². The van der Waals surface area contributed by atoms with Gasteiger partial charge < -0.3 is 15.5 Å². The summed E-state index contributed by atoms with van der Waals surface area (Å²) in [6.07, 6.45) is 2.00. The highest BCUT2D eigenvalue weighted by Gasteiger charge is 2.29. The Bertz CT molecular complexity index is 452. The standard InChI is InChI=1S/C14H21N3OS/c1-16-7-8-17(11(9-15)10-16)14(18)12-5-3-4-6-13(12)19-2/h3-6,11H,7-10,15H2,1-2H3. The number of thioether (sulfide) groups is 1. The van der Waals surface area contributed by atoms with E-state index in [1.54, 1.807) is 11.8 Å². The molecule has 1 fully saturated rings. The molecule has 1 unspecified atom stereocenters. The van der Waals surface area contributed by atoms with Gasteiger partial charge in [0.2, 0.25) is 0 Å². The number of carbonyl (C=O) groups is 1. The normalized spacial score (nSPS) is 20.6. The molecule has 0 saturated carbocycles. The third kappa shape index (κ3) is 3.11. The fourth-order valence-corrected chi connectivity index (χ4v) is 3.05. The average molecular weight is 279 g/mol. The monoisotopic (exact) mass is 279 g/mol. The van der Waals surface area contributed by atoms with Crippen molar-refractivity contribution >= 4 is 17.7 Å². The Morgan fingerprint density at radius 2 is 2.16 bits per heavy atom. The van der Waals surface area contributed by atoms with Gasteiger partial charge in [-0.15, -0.1) is 11.8 Å². The van der Waals surface area contributed by atoms with E-state index in [0.717, 1.165) is 30.1 Å². The summed E-state index contributed by atoms with van der Waals surface area (Å²) in [7, 11) is 2.07. The third-order valence-corrected chi connectivity index (χ3v) is 4.35. The quantitative estimate of drug-likeness (QED) is 0.843. The number of rotatable bonds is 3. The molecule has 1 aliphatic rings. The maximum absolute atomic E-state index is 12.7. The molecule has 0 bridgehead atoms. The highest BCUT2D eigenvalue weighted by molar-refractivity contribution is 7.98. The number of amides is 1. The van der Waals surface area contributed by atoms with E-state index in [4.69, 9.17) is 5.73 Å². The van der Waals surface area contributed by atoms with Crippen LogP contribution in [-0.4, -0.2) is 61.2 Å². The molecule has 1 saturated heterocycles. The summed E-state index contributed by atoms with van der Waals surface area (Å²) in [5.74, 6) is 0.105. The molecule has 2 rings (SSSR count). The van der Waals surface area contributed by atoms with Crippen LogP contribution in [0.25, 0.3) is 0 Å². The topological polar surface area (TPSA) is 49.6 Å². The molecule has 0 radical (unpaired) electrons. The molecule has 1 amide bonds. The summed E-state index contributed by atoms with van der Waals surface area (Å²) in [5, 5.41) is 0. The second kappa shape index (κ2) is 6.41. The highest BCUT2D eigenvalue weighted by Crippen LogP contribution is 2.23. The van der Waals surface area contributed by atoms with Gasteiger partial charge in [-0.3, -0.25) is 4.79 Å². The van der Waals surface area contributed by atoms with Crippen LogP contribution in [0.5, 0.6) is 0 Å². The van der Waals surface area contributed by atoms with Crippen LogP contribution in [0.3, 0.4) is 0 Å². The van der Waals surface area contributed by atoms with Gasteiger partial charge in [0.05, 0.1) is 11.6 Å². The van der Waals surface area contributed by atoms with Gasteiger partial charge in [0, 0.05) is 31.1 Å². The van der Waals surface area contributed by atoms with Gasteiger partial charge in [0.25, 0.3) is 5.91 Å². The number of nitrogens with two attached hydrogens (primary N) is 1. The number of hydrogen-bond acceptors (Lipinski definition) is 4. The summed E-state index contributed by atoms with van der Waals surface area (Å²) >= 11 is 1.61. The first-order valence-electron chi connectivity index (χ1n) is 6.50. The SMILES string of the molecule is CSc1ccccc1C(=O)N1CCN(C)CC1CN. The Labute approximate surface area is 118 Å². The van der Waals surface area contributed by atoms with Gasteiger partial charge in [-0.2, -0.15) is 0 Å². The van der Waals surface area contributed by atoms with Gasteiger partial charge in [-0.05, 0) is 25.4 Å². The van der Waals surface area contributed by atoms with Crippen LogP contribution in [0, 0.1) is 0 Å².